The molecule has 1 aliphatic heterocycles. The molecule has 8 heteroatoms. The van der Waals surface area contributed by atoms with Gasteiger partial charge in [-0.15, -0.1) is 0 Å². The predicted octanol–water partition coefficient (Wildman–Crippen LogP) is 5.63. The number of nitrogen functional groups attached to an aromatic ring is 1. The van der Waals surface area contributed by atoms with Gasteiger partial charge in [-0.05, 0) is 80.8 Å². The van der Waals surface area contributed by atoms with Gasteiger partial charge in [0.25, 0.3) is 0 Å². The average molecular weight is 559 g/mol. The smallest absolute Gasteiger partial charge is 0.239 e. The SMILES string of the molecule is [2H]C(C(=O)Nc1ccccc1)N(C1CCCCC1)[C@@H](C)C(=O)N1CCCCC1CCOc1ccc2c(N)nccc2c1. The molecule has 1 saturated heterocycles. The molecule has 0 bridgehead atoms. The summed E-state index contributed by atoms with van der Waals surface area (Å²) < 4.78 is 15.1. The first-order valence-electron chi connectivity index (χ1n) is 15.6. The molecule has 218 valence electrons. The minimum absolute atomic E-state index is 0.00344. The van der Waals surface area contributed by atoms with Crippen molar-refractivity contribution >= 4 is 34.1 Å². The van der Waals surface area contributed by atoms with Gasteiger partial charge in [-0.2, -0.15) is 0 Å². The van der Waals surface area contributed by atoms with Crippen molar-refractivity contribution in [2.75, 3.05) is 30.7 Å². The number of piperidine rings is 1. The van der Waals surface area contributed by atoms with Gasteiger partial charge in [-0.3, -0.25) is 14.5 Å². The lowest BCUT2D eigenvalue weighted by Crippen LogP contribution is -2.56. The number of nitrogens with two attached hydrogens (primary N) is 1. The van der Waals surface area contributed by atoms with Crippen LogP contribution >= 0.6 is 0 Å². The monoisotopic (exact) mass is 558 g/mol. The number of hydrogen-bond acceptors (Lipinski definition) is 6. The quantitative estimate of drug-likeness (QED) is 0.335. The number of rotatable bonds is 10. The molecule has 1 aliphatic carbocycles. The van der Waals surface area contributed by atoms with Crippen molar-refractivity contribution < 1.29 is 15.7 Å². The number of nitrogens with zero attached hydrogens (tertiary/aromatic N) is 3. The normalized spacial score (nSPS) is 19.9. The zero-order valence-corrected chi connectivity index (χ0v) is 24.0. The van der Waals surface area contributed by atoms with Gasteiger partial charge in [0.1, 0.15) is 11.6 Å². The third kappa shape index (κ3) is 7.36. The van der Waals surface area contributed by atoms with E-state index in [9.17, 15) is 9.59 Å². The number of hydrogen-bond donors (Lipinski definition) is 2. The van der Waals surface area contributed by atoms with Crippen LogP contribution in [-0.4, -0.2) is 64.4 Å². The van der Waals surface area contributed by atoms with Crippen molar-refractivity contribution in [3.05, 3.63) is 60.8 Å². The van der Waals surface area contributed by atoms with Crippen LogP contribution in [0.4, 0.5) is 11.5 Å². The number of para-hydroxylation sites is 1. The molecule has 0 spiro atoms. The van der Waals surface area contributed by atoms with Crippen LogP contribution in [0.3, 0.4) is 0 Å². The molecule has 1 aromatic heterocycles. The fraction of sp³-hybridized carbons (Fsp3) is 0.485. The molecule has 1 saturated carbocycles. The average Bonchev–Trinajstić information content (AvgIpc) is 3.02. The van der Waals surface area contributed by atoms with Gasteiger partial charge in [0.15, 0.2) is 0 Å². The topological polar surface area (TPSA) is 101 Å². The van der Waals surface area contributed by atoms with E-state index in [-0.39, 0.29) is 18.0 Å². The van der Waals surface area contributed by atoms with Crippen LogP contribution in [0.1, 0.15) is 66.1 Å². The summed E-state index contributed by atoms with van der Waals surface area (Å²) in [4.78, 5) is 35.4. The van der Waals surface area contributed by atoms with Crippen LogP contribution in [0.2, 0.25) is 0 Å². The summed E-state index contributed by atoms with van der Waals surface area (Å²) in [5.41, 5.74) is 6.64. The number of carbonyl (C=O) groups is 2. The largest absolute Gasteiger partial charge is 0.493 e. The first-order chi connectivity index (χ1) is 20.4. The number of pyridine rings is 1. The molecule has 5 rings (SSSR count). The summed E-state index contributed by atoms with van der Waals surface area (Å²) in [6, 6.07) is 16.5. The number of carbonyl (C=O) groups excluding carboxylic acids is 2. The number of amides is 2. The van der Waals surface area contributed by atoms with Crippen LogP contribution in [0.5, 0.6) is 5.75 Å². The minimum Gasteiger partial charge on any atom is -0.493 e. The molecule has 3 atom stereocenters. The van der Waals surface area contributed by atoms with Crippen LogP contribution in [0, 0.1) is 0 Å². The van der Waals surface area contributed by atoms with E-state index in [4.69, 9.17) is 11.8 Å². The Morgan fingerprint density at radius 1 is 1.10 bits per heavy atom. The van der Waals surface area contributed by atoms with Crippen molar-refractivity contribution in [1.29, 1.82) is 0 Å². The molecular formula is C33H43N5O3. The summed E-state index contributed by atoms with van der Waals surface area (Å²) in [5, 5.41) is 4.76. The highest BCUT2D eigenvalue weighted by molar-refractivity contribution is 5.93. The maximum absolute atomic E-state index is 14.1. The van der Waals surface area contributed by atoms with Gasteiger partial charge in [-0.1, -0.05) is 37.5 Å². The van der Waals surface area contributed by atoms with E-state index >= 15 is 0 Å². The Kier molecular flexibility index (Phi) is 9.27. The number of nitrogens with one attached hydrogen (secondary N) is 1. The zero-order chi connectivity index (χ0) is 29.5. The highest BCUT2D eigenvalue weighted by atomic mass is 16.5. The Hall–Kier alpha value is -3.65. The lowest BCUT2D eigenvalue weighted by molar-refractivity contribution is -0.142. The van der Waals surface area contributed by atoms with E-state index in [2.05, 4.69) is 10.3 Å². The second-order valence-corrected chi connectivity index (χ2v) is 11.3. The van der Waals surface area contributed by atoms with Crippen LogP contribution in [0.15, 0.2) is 60.8 Å². The fourth-order valence-corrected chi connectivity index (χ4v) is 6.28. The molecule has 0 radical (unpaired) electrons. The van der Waals surface area contributed by atoms with E-state index < -0.39 is 18.5 Å². The van der Waals surface area contributed by atoms with Gasteiger partial charge < -0.3 is 20.7 Å². The maximum Gasteiger partial charge on any atom is 0.239 e. The first-order valence-corrected chi connectivity index (χ1v) is 15.1. The van der Waals surface area contributed by atoms with Gasteiger partial charge in [0.05, 0.1) is 20.5 Å². The maximum atomic E-state index is 14.1. The molecule has 41 heavy (non-hydrogen) atoms. The Morgan fingerprint density at radius 2 is 1.88 bits per heavy atom. The van der Waals surface area contributed by atoms with E-state index in [1.165, 1.54) is 0 Å². The summed E-state index contributed by atoms with van der Waals surface area (Å²) in [6.07, 6.45) is 10.4. The second kappa shape index (κ2) is 13.8. The van der Waals surface area contributed by atoms with Crippen LogP contribution in [-0.2, 0) is 9.59 Å². The summed E-state index contributed by atoms with van der Waals surface area (Å²) >= 11 is 0. The number of anilines is 2. The zero-order valence-electron chi connectivity index (χ0n) is 25.0. The summed E-state index contributed by atoms with van der Waals surface area (Å²) in [6.45, 7) is 1.89. The van der Waals surface area contributed by atoms with E-state index in [1.54, 1.807) is 6.20 Å². The van der Waals surface area contributed by atoms with Crippen molar-refractivity contribution in [1.82, 2.24) is 14.8 Å². The number of aromatic nitrogens is 1. The second-order valence-electron chi connectivity index (χ2n) is 11.3. The van der Waals surface area contributed by atoms with E-state index in [1.807, 2.05) is 71.3 Å². The Balaban J connectivity index is 1.26. The minimum atomic E-state index is -1.17. The fourth-order valence-electron chi connectivity index (χ4n) is 6.28. The Labute approximate surface area is 244 Å². The molecule has 2 fully saturated rings. The first kappa shape index (κ1) is 27.5. The molecule has 3 aromatic rings. The number of likely N-dealkylation sites (tertiary alicyclic amines) is 1. The highest BCUT2D eigenvalue weighted by Gasteiger charge is 2.36. The van der Waals surface area contributed by atoms with Crippen molar-refractivity contribution in [3.63, 3.8) is 0 Å². The van der Waals surface area contributed by atoms with Crippen molar-refractivity contribution in [2.24, 2.45) is 0 Å². The van der Waals surface area contributed by atoms with Crippen molar-refractivity contribution in [3.8, 4) is 5.75 Å². The molecule has 3 N–H and O–H groups in total. The van der Waals surface area contributed by atoms with Gasteiger partial charge >= 0.3 is 0 Å². The highest BCUT2D eigenvalue weighted by Crippen LogP contribution is 2.28. The third-order valence-electron chi connectivity index (χ3n) is 8.51. The van der Waals surface area contributed by atoms with Crippen LogP contribution < -0.4 is 15.8 Å². The molecule has 2 heterocycles. The van der Waals surface area contributed by atoms with Crippen molar-refractivity contribution in [2.45, 2.75) is 82.8 Å². The Bertz CT molecular complexity index is 1350. The summed E-state index contributed by atoms with van der Waals surface area (Å²) in [7, 11) is 0. The lowest BCUT2D eigenvalue weighted by atomic mass is 9.92. The standard InChI is InChI=1S/C33H43N5O3/c1-24(38(27-12-6-3-7-13-27)23-31(39)36-26-10-4-2-5-11-26)33(40)37-20-9-8-14-28(37)18-21-41-29-15-16-30-25(22-29)17-19-35-32(30)34/h2,4-5,10-11,15-17,19,22,24,27-28H,3,6-9,12-14,18,20-21,23H2,1H3,(H2,34,35)(H,36,39)/t24-,28?/m0/s1/i23D/t23?,24-,28?. The van der Waals surface area contributed by atoms with E-state index in [0.717, 1.165) is 74.3 Å². The van der Waals surface area contributed by atoms with E-state index in [0.29, 0.717) is 24.7 Å². The summed E-state index contributed by atoms with van der Waals surface area (Å²) in [5.74, 6) is 0.867. The predicted molar refractivity (Wildman–Crippen MR) is 164 cm³/mol. The Morgan fingerprint density at radius 3 is 2.68 bits per heavy atom. The lowest BCUT2D eigenvalue weighted by Gasteiger charge is -2.42. The number of ether oxygens (including phenoxy) is 1. The third-order valence-corrected chi connectivity index (χ3v) is 8.51. The molecule has 2 unspecified atom stereocenters. The molecule has 8 nitrogen and oxygen atoms in total. The number of fused-ring (bicyclic) bond motifs is 1. The van der Waals surface area contributed by atoms with Crippen LogP contribution in [0.25, 0.3) is 10.8 Å². The number of benzene rings is 2. The van der Waals surface area contributed by atoms with Gasteiger partial charge in [0, 0.05) is 42.3 Å². The molecule has 2 aliphatic rings. The molecule has 2 aromatic carbocycles. The van der Waals surface area contributed by atoms with Gasteiger partial charge in [0.2, 0.25) is 11.8 Å². The molecular weight excluding hydrogens is 514 g/mol. The molecule has 2 amide bonds. The van der Waals surface area contributed by atoms with Gasteiger partial charge in [-0.25, -0.2) is 4.98 Å².